The maximum absolute atomic E-state index is 5.58. The molecule has 0 aliphatic heterocycles. The summed E-state index contributed by atoms with van der Waals surface area (Å²) < 4.78 is 5.54. The number of anilines is 1. The molecule has 1 aromatic carbocycles. The van der Waals surface area contributed by atoms with E-state index < -0.39 is 5.41 Å². The maximum atomic E-state index is 5.58. The van der Waals surface area contributed by atoms with Gasteiger partial charge in [0.2, 0.25) is 5.95 Å². The zero-order valence-electron chi connectivity index (χ0n) is 17.4. The summed E-state index contributed by atoms with van der Waals surface area (Å²) in [5.41, 5.74) is 8.84. The van der Waals surface area contributed by atoms with Crippen LogP contribution in [0.25, 0.3) is 22.6 Å². The molecule has 3 heterocycles. The van der Waals surface area contributed by atoms with Crippen LogP contribution in [0.3, 0.4) is 0 Å². The van der Waals surface area contributed by atoms with E-state index in [2.05, 4.69) is 63.0 Å². The maximum Gasteiger partial charge on any atom is 0.261 e. The molecule has 0 bridgehead atoms. The molecule has 1 unspecified atom stereocenters. The Labute approximate surface area is 174 Å². The van der Waals surface area contributed by atoms with Crippen molar-refractivity contribution in [1.82, 2.24) is 30.1 Å². The number of nitrogens with two attached hydrogens (primary N) is 1. The Hall–Kier alpha value is -3.68. The minimum atomic E-state index is -0.441. The monoisotopic (exact) mass is 401 g/mol. The minimum Gasteiger partial charge on any atom is -0.368 e. The minimum absolute atomic E-state index is 0.225. The van der Waals surface area contributed by atoms with E-state index >= 15 is 0 Å². The van der Waals surface area contributed by atoms with Gasteiger partial charge in [-0.15, -0.1) is 0 Å². The molecule has 8 heteroatoms. The van der Waals surface area contributed by atoms with Crippen LogP contribution < -0.4 is 5.73 Å². The summed E-state index contributed by atoms with van der Waals surface area (Å²) in [5, 5.41) is 4.30. The number of nitrogens with zero attached hydrogens (tertiary/aromatic N) is 6. The summed E-state index contributed by atoms with van der Waals surface area (Å²) >= 11 is 0. The van der Waals surface area contributed by atoms with Gasteiger partial charge >= 0.3 is 0 Å². The van der Waals surface area contributed by atoms with Gasteiger partial charge in [0, 0.05) is 30.4 Å². The second-order valence-corrected chi connectivity index (χ2v) is 7.71. The molecule has 0 spiro atoms. The number of rotatable bonds is 5. The fraction of sp³-hybridized carbons (Fsp3) is 0.273. The van der Waals surface area contributed by atoms with Crippen LogP contribution in [0.1, 0.15) is 38.0 Å². The van der Waals surface area contributed by atoms with Crippen molar-refractivity contribution in [3.8, 4) is 22.6 Å². The molecule has 2 N–H and O–H groups in total. The molecule has 0 fully saturated rings. The van der Waals surface area contributed by atoms with Crippen LogP contribution >= 0.6 is 0 Å². The lowest BCUT2D eigenvalue weighted by atomic mass is 9.72. The van der Waals surface area contributed by atoms with E-state index in [0.717, 1.165) is 16.7 Å². The van der Waals surface area contributed by atoms with E-state index in [1.54, 1.807) is 24.8 Å². The van der Waals surface area contributed by atoms with Crippen molar-refractivity contribution in [2.24, 2.45) is 5.92 Å². The third kappa shape index (κ3) is 3.52. The van der Waals surface area contributed by atoms with Gasteiger partial charge in [-0.25, -0.2) is 19.9 Å². The molecule has 8 nitrogen and oxygen atoms in total. The van der Waals surface area contributed by atoms with Crippen molar-refractivity contribution >= 4 is 5.95 Å². The Bertz CT molecular complexity index is 1140. The normalized spacial score (nSPS) is 13.4. The van der Waals surface area contributed by atoms with Crippen LogP contribution in [0.5, 0.6) is 0 Å². The third-order valence-corrected chi connectivity index (χ3v) is 5.56. The van der Waals surface area contributed by atoms with E-state index in [1.807, 2.05) is 19.1 Å². The summed E-state index contributed by atoms with van der Waals surface area (Å²) in [5.74, 6) is 2.21. The molecule has 0 saturated heterocycles. The second-order valence-electron chi connectivity index (χ2n) is 7.71. The second kappa shape index (κ2) is 7.62. The van der Waals surface area contributed by atoms with Gasteiger partial charge in [-0.05, 0) is 30.9 Å². The summed E-state index contributed by atoms with van der Waals surface area (Å²) in [4.78, 5) is 21.2. The molecule has 30 heavy (non-hydrogen) atoms. The fourth-order valence-electron chi connectivity index (χ4n) is 3.27. The molecule has 0 amide bonds. The van der Waals surface area contributed by atoms with Gasteiger partial charge in [0.1, 0.15) is 5.82 Å². The van der Waals surface area contributed by atoms with Crippen LogP contribution in [-0.2, 0) is 5.41 Å². The van der Waals surface area contributed by atoms with E-state index in [9.17, 15) is 0 Å². The topological polar surface area (TPSA) is 116 Å². The first-order valence-corrected chi connectivity index (χ1v) is 9.69. The van der Waals surface area contributed by atoms with Crippen molar-refractivity contribution < 1.29 is 4.52 Å². The quantitative estimate of drug-likeness (QED) is 0.536. The van der Waals surface area contributed by atoms with Crippen molar-refractivity contribution in [2.45, 2.75) is 33.1 Å². The van der Waals surface area contributed by atoms with Gasteiger partial charge in [0.15, 0.2) is 5.82 Å². The predicted octanol–water partition coefficient (Wildman–Crippen LogP) is 3.84. The lowest BCUT2D eigenvalue weighted by Crippen LogP contribution is -2.31. The molecule has 0 radical (unpaired) electrons. The molecule has 152 valence electrons. The highest BCUT2D eigenvalue weighted by molar-refractivity contribution is 5.62. The van der Waals surface area contributed by atoms with Crippen molar-refractivity contribution in [1.29, 1.82) is 0 Å². The largest absolute Gasteiger partial charge is 0.368 e. The number of nitrogen functional groups attached to an aromatic ring is 1. The molecule has 3 aromatic heterocycles. The summed E-state index contributed by atoms with van der Waals surface area (Å²) in [6.07, 6.45) is 6.81. The Kier molecular flexibility index (Phi) is 4.99. The number of benzene rings is 1. The number of hydrogen-bond donors (Lipinski definition) is 1. The van der Waals surface area contributed by atoms with E-state index in [-0.39, 0.29) is 11.9 Å². The summed E-state index contributed by atoms with van der Waals surface area (Å²) in [6, 6.07) is 8.24. The van der Waals surface area contributed by atoms with Crippen LogP contribution in [-0.4, -0.2) is 30.1 Å². The van der Waals surface area contributed by atoms with Gasteiger partial charge in [-0.2, -0.15) is 4.98 Å². The molecular weight excluding hydrogens is 378 g/mol. The summed E-state index contributed by atoms with van der Waals surface area (Å²) in [7, 11) is 0. The van der Waals surface area contributed by atoms with Gasteiger partial charge in [-0.1, -0.05) is 43.3 Å². The number of aromatic nitrogens is 6. The van der Waals surface area contributed by atoms with Crippen LogP contribution in [0, 0.1) is 12.8 Å². The molecular formula is C22H23N7O. The predicted molar refractivity (Wildman–Crippen MR) is 113 cm³/mol. The van der Waals surface area contributed by atoms with Crippen LogP contribution in [0.15, 0.2) is 53.6 Å². The van der Waals surface area contributed by atoms with Gasteiger partial charge < -0.3 is 10.3 Å². The van der Waals surface area contributed by atoms with Gasteiger partial charge in [0.05, 0.1) is 11.0 Å². The number of aryl methyl sites for hydroxylation is 1. The zero-order chi connectivity index (χ0) is 21.3. The first-order chi connectivity index (χ1) is 14.4. The highest BCUT2D eigenvalue weighted by Crippen LogP contribution is 2.38. The van der Waals surface area contributed by atoms with Crippen LogP contribution in [0.2, 0.25) is 0 Å². The van der Waals surface area contributed by atoms with Gasteiger partial charge in [0.25, 0.3) is 5.89 Å². The van der Waals surface area contributed by atoms with Crippen LogP contribution in [0.4, 0.5) is 5.95 Å². The standard InChI is InChI=1S/C22H23N7O/c1-13(2)22(4,20-28-19(30-29-20)17-11-24-14(3)25-12-17)18-7-5-15(6-8-18)16-9-26-21(23)27-10-16/h5-13H,1-4H3,(H2,23,26,27). The third-order valence-electron chi connectivity index (χ3n) is 5.56. The molecule has 1 atom stereocenters. The van der Waals surface area contributed by atoms with Crippen molar-refractivity contribution in [3.63, 3.8) is 0 Å². The van der Waals surface area contributed by atoms with E-state index in [0.29, 0.717) is 23.1 Å². The van der Waals surface area contributed by atoms with Crippen molar-refractivity contribution in [3.05, 3.63) is 66.3 Å². The molecule has 4 rings (SSSR count). The Balaban J connectivity index is 1.69. The lowest BCUT2D eigenvalue weighted by Gasteiger charge is -2.31. The van der Waals surface area contributed by atoms with E-state index in [1.165, 1.54) is 0 Å². The van der Waals surface area contributed by atoms with E-state index in [4.69, 9.17) is 10.3 Å². The first-order valence-electron chi connectivity index (χ1n) is 9.69. The number of hydrogen-bond acceptors (Lipinski definition) is 8. The Morgan fingerprint density at radius 1 is 0.867 bits per heavy atom. The first kappa shape index (κ1) is 19.6. The van der Waals surface area contributed by atoms with Gasteiger partial charge in [-0.3, -0.25) is 0 Å². The SMILES string of the molecule is Cc1ncc(-c2nc(C(C)(c3ccc(-c4cnc(N)nc4)cc3)C(C)C)no2)cn1. The summed E-state index contributed by atoms with van der Waals surface area (Å²) in [6.45, 7) is 8.25. The highest BCUT2D eigenvalue weighted by Gasteiger charge is 2.37. The highest BCUT2D eigenvalue weighted by atomic mass is 16.5. The Morgan fingerprint density at radius 3 is 2.07 bits per heavy atom. The van der Waals surface area contributed by atoms with Crippen molar-refractivity contribution in [2.75, 3.05) is 5.73 Å². The average Bonchev–Trinajstić information content (AvgIpc) is 3.25. The fourth-order valence-corrected chi connectivity index (χ4v) is 3.27. The average molecular weight is 401 g/mol. The molecule has 0 aliphatic carbocycles. The lowest BCUT2D eigenvalue weighted by molar-refractivity contribution is 0.350. The zero-order valence-corrected chi connectivity index (χ0v) is 17.4. The molecule has 0 saturated carbocycles. The smallest absolute Gasteiger partial charge is 0.261 e. The molecule has 4 aromatic rings. The molecule has 0 aliphatic rings. The Morgan fingerprint density at radius 2 is 1.47 bits per heavy atom.